The molecule has 0 aliphatic heterocycles. The highest BCUT2D eigenvalue weighted by molar-refractivity contribution is 5.73. The first-order chi connectivity index (χ1) is 9.20. The van der Waals surface area contributed by atoms with Gasteiger partial charge in [-0.3, -0.25) is 4.79 Å². The molecule has 1 aliphatic carbocycles. The third-order valence-electron chi connectivity index (χ3n) is 3.47. The first kappa shape index (κ1) is 13.9. The summed E-state index contributed by atoms with van der Waals surface area (Å²) in [6, 6.07) is 8.12. The van der Waals surface area contributed by atoms with Crippen LogP contribution in [0.4, 0.5) is 0 Å². The summed E-state index contributed by atoms with van der Waals surface area (Å²) in [4.78, 5) is 10.7. The fourth-order valence-electron chi connectivity index (χ4n) is 2.21. The molecule has 1 saturated carbocycles. The number of hydrogen-bond donors (Lipinski definition) is 2. The van der Waals surface area contributed by atoms with Crippen molar-refractivity contribution in [3.63, 3.8) is 0 Å². The Bertz CT molecular complexity index is 416. The Morgan fingerprint density at radius 3 is 2.74 bits per heavy atom. The van der Waals surface area contributed by atoms with E-state index in [9.17, 15) is 4.79 Å². The maximum absolute atomic E-state index is 10.7. The molecule has 1 fully saturated rings. The summed E-state index contributed by atoms with van der Waals surface area (Å²) in [5.74, 6) is 0.468. The van der Waals surface area contributed by atoms with Gasteiger partial charge >= 0.3 is 5.97 Å². The zero-order valence-electron chi connectivity index (χ0n) is 11.3. The summed E-state index contributed by atoms with van der Waals surface area (Å²) in [6.07, 6.45) is 1.78. The monoisotopic (exact) mass is 263 g/mol. The van der Waals surface area contributed by atoms with Gasteiger partial charge in [-0.05, 0) is 56.5 Å². The van der Waals surface area contributed by atoms with Gasteiger partial charge in [-0.1, -0.05) is 12.1 Å². The Balaban J connectivity index is 1.62. The van der Waals surface area contributed by atoms with Crippen molar-refractivity contribution < 1.29 is 14.6 Å². The number of carboxylic acids is 1. The zero-order chi connectivity index (χ0) is 13.7. The van der Waals surface area contributed by atoms with Gasteiger partial charge in [0.25, 0.3) is 0 Å². The summed E-state index contributed by atoms with van der Waals surface area (Å²) in [5, 5.41) is 12.1. The van der Waals surface area contributed by atoms with Gasteiger partial charge in [0.1, 0.15) is 5.75 Å². The number of rotatable bonds is 8. The van der Waals surface area contributed by atoms with Gasteiger partial charge in [0.2, 0.25) is 0 Å². The van der Waals surface area contributed by atoms with E-state index in [2.05, 4.69) is 17.4 Å². The lowest BCUT2D eigenvalue weighted by Gasteiger charge is -2.06. The number of benzene rings is 1. The van der Waals surface area contributed by atoms with Crippen LogP contribution in [0.3, 0.4) is 0 Å². The average Bonchev–Trinajstić information content (AvgIpc) is 3.17. The first-order valence-electron chi connectivity index (χ1n) is 6.86. The van der Waals surface area contributed by atoms with Gasteiger partial charge in [-0.15, -0.1) is 0 Å². The van der Waals surface area contributed by atoms with E-state index in [1.54, 1.807) is 0 Å². The molecule has 19 heavy (non-hydrogen) atoms. The minimum atomic E-state index is -0.654. The maximum atomic E-state index is 10.7. The van der Waals surface area contributed by atoms with Crippen LogP contribution in [0, 0.1) is 11.8 Å². The Hall–Kier alpha value is -1.55. The van der Waals surface area contributed by atoms with E-state index in [1.807, 2.05) is 19.1 Å². The van der Waals surface area contributed by atoms with Gasteiger partial charge in [0, 0.05) is 0 Å². The van der Waals surface area contributed by atoms with Crippen LogP contribution in [0.15, 0.2) is 24.3 Å². The summed E-state index contributed by atoms with van der Waals surface area (Å²) in [5.41, 5.74) is 1.27. The molecule has 0 saturated heterocycles. The number of ether oxygens (including phenoxy) is 1. The van der Waals surface area contributed by atoms with Gasteiger partial charge in [-0.25, -0.2) is 0 Å². The van der Waals surface area contributed by atoms with Crippen LogP contribution in [0.2, 0.25) is 0 Å². The Kier molecular flexibility index (Phi) is 4.80. The second-order valence-corrected chi connectivity index (χ2v) is 4.97. The van der Waals surface area contributed by atoms with E-state index in [1.165, 1.54) is 5.56 Å². The van der Waals surface area contributed by atoms with Crippen molar-refractivity contribution >= 4 is 5.97 Å². The Morgan fingerprint density at radius 2 is 2.16 bits per heavy atom. The summed E-state index contributed by atoms with van der Waals surface area (Å²) < 4.78 is 5.39. The molecule has 0 spiro atoms. The molecule has 4 nitrogen and oxygen atoms in total. The average molecular weight is 263 g/mol. The molecule has 0 aromatic heterocycles. The highest BCUT2D eigenvalue weighted by Gasteiger charge is 2.42. The molecular weight excluding hydrogens is 242 g/mol. The molecule has 4 heteroatoms. The molecule has 1 aromatic rings. The largest absolute Gasteiger partial charge is 0.494 e. The van der Waals surface area contributed by atoms with Crippen LogP contribution in [0.5, 0.6) is 5.75 Å². The molecule has 0 bridgehead atoms. The van der Waals surface area contributed by atoms with Crippen LogP contribution in [0.25, 0.3) is 0 Å². The molecular formula is C15H21NO3. The smallest absolute Gasteiger partial charge is 0.306 e. The quantitative estimate of drug-likeness (QED) is 0.704. The normalized spacial score (nSPS) is 21.1. The molecule has 2 rings (SSSR count). The minimum absolute atomic E-state index is 0.113. The van der Waals surface area contributed by atoms with Crippen LogP contribution in [0.1, 0.15) is 18.9 Å². The molecule has 1 aliphatic rings. The fraction of sp³-hybridized carbons (Fsp3) is 0.533. The second kappa shape index (κ2) is 6.57. The number of aliphatic carboxylic acids is 1. The van der Waals surface area contributed by atoms with Crippen LogP contribution in [-0.2, 0) is 11.2 Å². The zero-order valence-corrected chi connectivity index (χ0v) is 11.3. The van der Waals surface area contributed by atoms with Gasteiger partial charge in [0.05, 0.1) is 12.5 Å². The van der Waals surface area contributed by atoms with Crippen molar-refractivity contribution in [3.8, 4) is 5.75 Å². The highest BCUT2D eigenvalue weighted by atomic mass is 16.5. The van der Waals surface area contributed by atoms with E-state index in [0.717, 1.165) is 31.7 Å². The van der Waals surface area contributed by atoms with E-state index in [4.69, 9.17) is 9.84 Å². The fourth-order valence-corrected chi connectivity index (χ4v) is 2.21. The van der Waals surface area contributed by atoms with Gasteiger partial charge in [-0.2, -0.15) is 0 Å². The topological polar surface area (TPSA) is 58.6 Å². The van der Waals surface area contributed by atoms with E-state index in [0.29, 0.717) is 12.5 Å². The number of carbonyl (C=O) groups is 1. The SMILES string of the molecule is CCOc1ccc(CCNCC2CC2C(=O)O)cc1. The highest BCUT2D eigenvalue weighted by Crippen LogP contribution is 2.37. The maximum Gasteiger partial charge on any atom is 0.306 e. The lowest BCUT2D eigenvalue weighted by molar-refractivity contribution is -0.138. The Morgan fingerprint density at radius 1 is 1.42 bits per heavy atom. The lowest BCUT2D eigenvalue weighted by Crippen LogP contribution is -2.21. The van der Waals surface area contributed by atoms with E-state index in [-0.39, 0.29) is 5.92 Å². The lowest BCUT2D eigenvalue weighted by atomic mass is 10.1. The van der Waals surface area contributed by atoms with Gasteiger partial charge in [0.15, 0.2) is 0 Å². The van der Waals surface area contributed by atoms with E-state index >= 15 is 0 Å². The molecule has 104 valence electrons. The van der Waals surface area contributed by atoms with Crippen molar-refractivity contribution in [1.82, 2.24) is 5.32 Å². The molecule has 0 heterocycles. The summed E-state index contributed by atoms with van der Waals surface area (Å²) in [6.45, 7) is 4.36. The van der Waals surface area contributed by atoms with Crippen molar-refractivity contribution in [2.75, 3.05) is 19.7 Å². The Labute approximate surface area is 113 Å². The van der Waals surface area contributed by atoms with Crippen LogP contribution < -0.4 is 10.1 Å². The van der Waals surface area contributed by atoms with Crippen molar-refractivity contribution in [2.24, 2.45) is 11.8 Å². The molecule has 1 aromatic carbocycles. The molecule has 0 radical (unpaired) electrons. The predicted molar refractivity (Wildman–Crippen MR) is 73.4 cm³/mol. The first-order valence-corrected chi connectivity index (χ1v) is 6.86. The summed E-state index contributed by atoms with van der Waals surface area (Å²) >= 11 is 0. The van der Waals surface area contributed by atoms with Crippen molar-refractivity contribution in [1.29, 1.82) is 0 Å². The standard InChI is InChI=1S/C15H21NO3/c1-2-19-13-5-3-11(4-6-13)7-8-16-10-12-9-14(12)15(17)18/h3-6,12,14,16H,2,7-10H2,1H3,(H,17,18). The molecule has 0 amide bonds. The summed E-state index contributed by atoms with van der Waals surface area (Å²) in [7, 11) is 0. The number of carboxylic acid groups (broad SMARTS) is 1. The number of hydrogen-bond acceptors (Lipinski definition) is 3. The second-order valence-electron chi connectivity index (χ2n) is 4.97. The van der Waals surface area contributed by atoms with Gasteiger partial charge < -0.3 is 15.2 Å². The van der Waals surface area contributed by atoms with E-state index < -0.39 is 5.97 Å². The molecule has 2 unspecified atom stereocenters. The predicted octanol–water partition coefficient (Wildman–Crippen LogP) is 1.94. The van der Waals surface area contributed by atoms with Crippen molar-refractivity contribution in [3.05, 3.63) is 29.8 Å². The third kappa shape index (κ3) is 4.24. The minimum Gasteiger partial charge on any atom is -0.494 e. The number of nitrogens with one attached hydrogen (secondary N) is 1. The van der Waals surface area contributed by atoms with Crippen LogP contribution >= 0.6 is 0 Å². The molecule has 2 N–H and O–H groups in total. The third-order valence-corrected chi connectivity index (χ3v) is 3.47. The van der Waals surface area contributed by atoms with Crippen LogP contribution in [-0.4, -0.2) is 30.8 Å². The van der Waals surface area contributed by atoms with Crippen molar-refractivity contribution in [2.45, 2.75) is 19.8 Å². The molecule has 2 atom stereocenters.